The fourth-order valence-corrected chi connectivity index (χ4v) is 2.62. The maximum atomic E-state index is 12.3. The molecule has 0 unspecified atom stereocenters. The molecule has 2 aromatic carbocycles. The first-order valence-corrected chi connectivity index (χ1v) is 9.98. The van der Waals surface area contributed by atoms with E-state index in [4.69, 9.17) is 15.3 Å². The van der Waals surface area contributed by atoms with Crippen LogP contribution in [-0.2, 0) is 27.5 Å². The van der Waals surface area contributed by atoms with E-state index in [0.717, 1.165) is 10.6 Å². The minimum atomic E-state index is -0.469. The Hall–Kier alpha value is -3.59. The van der Waals surface area contributed by atoms with Gasteiger partial charge in [0.15, 0.2) is 0 Å². The molecule has 4 N–H and O–H groups in total. The topological polar surface area (TPSA) is 123 Å². The first-order chi connectivity index (χ1) is 14.9. The number of likely N-dealkylation sites (N-methyl/N-ethyl adjacent to an activating group) is 1. The second-order valence-electron chi connectivity index (χ2n) is 6.56. The second-order valence-corrected chi connectivity index (χ2v) is 6.56. The number of carbonyl (C=O) groups is 3. The predicted molar refractivity (Wildman–Crippen MR) is 116 cm³/mol. The van der Waals surface area contributed by atoms with Gasteiger partial charge in [0, 0.05) is 18.8 Å². The van der Waals surface area contributed by atoms with Crippen LogP contribution in [0.1, 0.15) is 35.3 Å². The summed E-state index contributed by atoms with van der Waals surface area (Å²) < 4.78 is 4.98. The van der Waals surface area contributed by atoms with Gasteiger partial charge in [0.2, 0.25) is 0 Å². The lowest BCUT2D eigenvalue weighted by molar-refractivity contribution is -0.189. The molecule has 31 heavy (non-hydrogen) atoms. The number of carbonyl (C=O) groups excluding carboxylic acids is 3. The van der Waals surface area contributed by atoms with Gasteiger partial charge in [-0.15, -0.1) is 0 Å². The van der Waals surface area contributed by atoms with Crippen LogP contribution >= 0.6 is 0 Å². The highest BCUT2D eigenvalue weighted by Crippen LogP contribution is 2.09. The lowest BCUT2D eigenvalue weighted by Gasteiger charge is -2.20. The Balaban J connectivity index is 1.78. The Bertz CT molecular complexity index is 886. The van der Waals surface area contributed by atoms with Gasteiger partial charge in [-0.2, -0.15) is 0 Å². The molecule has 9 heteroatoms. The number of nitrogens with two attached hydrogens (primary N) is 1. The van der Waals surface area contributed by atoms with E-state index in [1.165, 1.54) is 0 Å². The van der Waals surface area contributed by atoms with E-state index in [2.05, 4.69) is 10.6 Å². The number of esters is 1. The van der Waals surface area contributed by atoms with E-state index in [1.807, 2.05) is 12.1 Å². The molecular weight excluding hydrogens is 400 g/mol. The zero-order valence-corrected chi connectivity index (χ0v) is 17.7. The van der Waals surface area contributed by atoms with Crippen molar-refractivity contribution in [2.75, 3.05) is 25.4 Å². The van der Waals surface area contributed by atoms with E-state index in [9.17, 15) is 14.4 Å². The molecule has 0 heterocycles. The Morgan fingerprint density at radius 2 is 1.74 bits per heavy atom. The third-order valence-corrected chi connectivity index (χ3v) is 4.22. The molecule has 3 amide bonds. The predicted octanol–water partition coefficient (Wildman–Crippen LogP) is 2.22. The summed E-state index contributed by atoms with van der Waals surface area (Å²) in [5, 5.41) is 6.34. The summed E-state index contributed by atoms with van der Waals surface area (Å²) in [6.07, 6.45) is 0. The standard InChI is InChI=1S/C22H28N4O5/c1-3-26(31-15-17-6-5-7-18(12-17)21(28)30-4-2)20(27)14-25-22(29)24-13-16-8-10-19(23)11-9-16/h5-12H,3-4,13-15,23H2,1-2H3,(H2,24,25,29). The fourth-order valence-electron chi connectivity index (χ4n) is 2.62. The van der Waals surface area contributed by atoms with Crippen molar-refractivity contribution in [2.45, 2.75) is 27.0 Å². The minimum Gasteiger partial charge on any atom is -0.462 e. The Labute approximate surface area is 181 Å². The molecule has 2 rings (SSSR count). The molecule has 0 radical (unpaired) electrons. The van der Waals surface area contributed by atoms with E-state index >= 15 is 0 Å². The van der Waals surface area contributed by atoms with Crippen molar-refractivity contribution in [2.24, 2.45) is 0 Å². The zero-order valence-electron chi connectivity index (χ0n) is 17.7. The van der Waals surface area contributed by atoms with Gasteiger partial charge in [-0.25, -0.2) is 14.7 Å². The number of hydroxylamine groups is 2. The third-order valence-electron chi connectivity index (χ3n) is 4.22. The third kappa shape index (κ3) is 7.98. The summed E-state index contributed by atoms with van der Waals surface area (Å²) in [4.78, 5) is 41.7. The van der Waals surface area contributed by atoms with Crippen LogP contribution < -0.4 is 16.4 Å². The first-order valence-electron chi connectivity index (χ1n) is 9.98. The van der Waals surface area contributed by atoms with Crippen molar-refractivity contribution in [1.82, 2.24) is 15.7 Å². The summed E-state index contributed by atoms with van der Waals surface area (Å²) >= 11 is 0. The minimum absolute atomic E-state index is 0.0934. The Kier molecular flexibility index (Phi) is 9.31. The van der Waals surface area contributed by atoms with Gasteiger partial charge in [-0.3, -0.25) is 9.63 Å². The number of anilines is 1. The van der Waals surface area contributed by atoms with Crippen molar-refractivity contribution >= 4 is 23.6 Å². The van der Waals surface area contributed by atoms with Crippen LogP contribution in [0, 0.1) is 0 Å². The molecule has 0 aliphatic carbocycles. The van der Waals surface area contributed by atoms with Crippen molar-refractivity contribution in [3.63, 3.8) is 0 Å². The lowest BCUT2D eigenvalue weighted by Crippen LogP contribution is -2.43. The molecule has 0 aliphatic rings. The summed E-state index contributed by atoms with van der Waals surface area (Å²) in [6.45, 7) is 4.27. The van der Waals surface area contributed by atoms with Crippen LogP contribution in [0.2, 0.25) is 0 Å². The molecule has 0 bridgehead atoms. The fraction of sp³-hybridized carbons (Fsp3) is 0.318. The van der Waals surface area contributed by atoms with E-state index in [-0.39, 0.29) is 19.8 Å². The molecule has 2 aromatic rings. The van der Waals surface area contributed by atoms with Crippen LogP contribution in [0.3, 0.4) is 0 Å². The number of urea groups is 1. The molecule has 0 spiro atoms. The van der Waals surface area contributed by atoms with Gasteiger partial charge in [0.05, 0.1) is 12.2 Å². The molecule has 0 atom stereocenters. The molecule has 0 aromatic heterocycles. The number of rotatable bonds is 10. The van der Waals surface area contributed by atoms with E-state index in [0.29, 0.717) is 29.9 Å². The SMILES string of the molecule is CCOC(=O)c1cccc(CON(CC)C(=O)CNC(=O)NCc2ccc(N)cc2)c1. The number of ether oxygens (including phenoxy) is 1. The summed E-state index contributed by atoms with van der Waals surface area (Å²) in [6, 6.07) is 13.4. The average molecular weight is 428 g/mol. The summed E-state index contributed by atoms with van der Waals surface area (Å²) in [7, 11) is 0. The van der Waals surface area contributed by atoms with Crippen LogP contribution in [0.15, 0.2) is 48.5 Å². The van der Waals surface area contributed by atoms with E-state index < -0.39 is 17.9 Å². The molecule has 0 aliphatic heterocycles. The average Bonchev–Trinajstić information content (AvgIpc) is 2.78. The maximum absolute atomic E-state index is 12.3. The van der Waals surface area contributed by atoms with Crippen molar-refractivity contribution in [3.05, 3.63) is 65.2 Å². The largest absolute Gasteiger partial charge is 0.462 e. The van der Waals surface area contributed by atoms with Gasteiger partial charge in [-0.05, 0) is 49.2 Å². The number of nitrogen functional groups attached to an aromatic ring is 1. The maximum Gasteiger partial charge on any atom is 0.338 e. The van der Waals surface area contributed by atoms with E-state index in [1.54, 1.807) is 50.2 Å². The molecule has 9 nitrogen and oxygen atoms in total. The lowest BCUT2D eigenvalue weighted by atomic mass is 10.1. The smallest absolute Gasteiger partial charge is 0.338 e. The highest BCUT2D eigenvalue weighted by atomic mass is 16.7. The van der Waals surface area contributed by atoms with Crippen molar-refractivity contribution in [1.29, 1.82) is 0 Å². The van der Waals surface area contributed by atoms with Gasteiger partial charge in [0.25, 0.3) is 5.91 Å². The van der Waals surface area contributed by atoms with Crippen LogP contribution in [-0.4, -0.2) is 42.7 Å². The molecule has 0 fully saturated rings. The summed E-state index contributed by atoms with van der Waals surface area (Å²) in [5.74, 6) is -0.811. The number of nitrogens with zero attached hydrogens (tertiary/aromatic N) is 1. The number of benzene rings is 2. The monoisotopic (exact) mass is 428 g/mol. The Morgan fingerprint density at radius 1 is 1.00 bits per heavy atom. The van der Waals surface area contributed by atoms with Gasteiger partial charge in [0.1, 0.15) is 13.2 Å². The second kappa shape index (κ2) is 12.2. The highest BCUT2D eigenvalue weighted by molar-refractivity contribution is 5.89. The Morgan fingerprint density at radius 3 is 2.42 bits per heavy atom. The first kappa shape index (κ1) is 23.7. The van der Waals surface area contributed by atoms with Gasteiger partial charge < -0.3 is 21.1 Å². The van der Waals surface area contributed by atoms with Gasteiger partial charge in [-0.1, -0.05) is 24.3 Å². The number of hydrogen-bond acceptors (Lipinski definition) is 6. The zero-order chi connectivity index (χ0) is 22.6. The highest BCUT2D eigenvalue weighted by Gasteiger charge is 2.14. The molecular formula is C22H28N4O5. The van der Waals surface area contributed by atoms with Crippen molar-refractivity contribution < 1.29 is 24.0 Å². The van der Waals surface area contributed by atoms with Crippen molar-refractivity contribution in [3.8, 4) is 0 Å². The summed E-state index contributed by atoms with van der Waals surface area (Å²) in [5.41, 5.74) is 8.29. The number of amides is 3. The van der Waals surface area contributed by atoms with Crippen LogP contribution in [0.25, 0.3) is 0 Å². The molecule has 166 valence electrons. The van der Waals surface area contributed by atoms with Gasteiger partial charge >= 0.3 is 12.0 Å². The quantitative estimate of drug-likeness (QED) is 0.303. The van der Waals surface area contributed by atoms with Crippen LogP contribution in [0.4, 0.5) is 10.5 Å². The van der Waals surface area contributed by atoms with Crippen LogP contribution in [0.5, 0.6) is 0 Å². The molecule has 0 saturated heterocycles. The number of hydrogen-bond donors (Lipinski definition) is 3. The number of nitrogens with one attached hydrogen (secondary N) is 2. The normalized spacial score (nSPS) is 10.3. The molecule has 0 saturated carbocycles.